The molecule has 1 fully saturated rings. The fourth-order valence-electron chi connectivity index (χ4n) is 1.57. The summed E-state index contributed by atoms with van der Waals surface area (Å²) in [7, 11) is 0. The zero-order valence-corrected chi connectivity index (χ0v) is 9.26. The van der Waals surface area contributed by atoms with Gasteiger partial charge in [-0.3, -0.25) is 0 Å². The summed E-state index contributed by atoms with van der Waals surface area (Å²) in [6.45, 7) is 6.60. The van der Waals surface area contributed by atoms with Crippen molar-refractivity contribution >= 4 is 0 Å². The molecular formula is C11H23NO2. The number of hydrogen-bond acceptors (Lipinski definition) is 3. The standard InChI is InChI=1S/C11H23NO2/c1-2-3-4-5-7-13-10-11-9-12-6-8-14-11/h11-12H,2-10H2,1H3. The normalized spacial score (nSPS) is 22.5. The van der Waals surface area contributed by atoms with Crippen LogP contribution in [0.25, 0.3) is 0 Å². The van der Waals surface area contributed by atoms with Gasteiger partial charge in [-0.15, -0.1) is 0 Å². The summed E-state index contributed by atoms with van der Waals surface area (Å²) in [6, 6.07) is 0. The first kappa shape index (κ1) is 12.0. The van der Waals surface area contributed by atoms with Gasteiger partial charge in [-0.2, -0.15) is 0 Å². The van der Waals surface area contributed by atoms with Gasteiger partial charge in [0.2, 0.25) is 0 Å². The van der Waals surface area contributed by atoms with Crippen LogP contribution in [-0.4, -0.2) is 39.0 Å². The van der Waals surface area contributed by atoms with Crippen molar-refractivity contribution in [1.29, 1.82) is 0 Å². The van der Waals surface area contributed by atoms with Gasteiger partial charge in [-0.1, -0.05) is 26.2 Å². The van der Waals surface area contributed by atoms with Gasteiger partial charge in [0.1, 0.15) is 0 Å². The largest absolute Gasteiger partial charge is 0.379 e. The lowest BCUT2D eigenvalue weighted by Gasteiger charge is -2.23. The van der Waals surface area contributed by atoms with Crippen LogP contribution in [0.15, 0.2) is 0 Å². The monoisotopic (exact) mass is 201 g/mol. The van der Waals surface area contributed by atoms with E-state index in [0.717, 1.165) is 32.9 Å². The van der Waals surface area contributed by atoms with E-state index in [1.807, 2.05) is 0 Å². The molecule has 1 aliphatic rings. The molecule has 1 aliphatic heterocycles. The number of ether oxygens (including phenoxy) is 2. The molecule has 0 aromatic carbocycles. The molecule has 0 bridgehead atoms. The molecule has 0 amide bonds. The van der Waals surface area contributed by atoms with Crippen LogP contribution in [0.5, 0.6) is 0 Å². The Kier molecular flexibility index (Phi) is 7.01. The molecule has 14 heavy (non-hydrogen) atoms. The summed E-state index contributed by atoms with van der Waals surface area (Å²) >= 11 is 0. The lowest BCUT2D eigenvalue weighted by atomic mass is 10.2. The van der Waals surface area contributed by atoms with Gasteiger partial charge in [-0.25, -0.2) is 0 Å². The van der Waals surface area contributed by atoms with E-state index in [1.54, 1.807) is 0 Å². The molecule has 1 heterocycles. The van der Waals surface area contributed by atoms with Gasteiger partial charge >= 0.3 is 0 Å². The first-order valence-corrected chi connectivity index (χ1v) is 5.83. The molecule has 3 heteroatoms. The number of hydrogen-bond donors (Lipinski definition) is 1. The quantitative estimate of drug-likeness (QED) is 0.634. The van der Waals surface area contributed by atoms with Crippen molar-refractivity contribution < 1.29 is 9.47 Å². The van der Waals surface area contributed by atoms with E-state index >= 15 is 0 Å². The average molecular weight is 201 g/mol. The highest BCUT2D eigenvalue weighted by molar-refractivity contribution is 4.65. The van der Waals surface area contributed by atoms with E-state index < -0.39 is 0 Å². The molecule has 1 N–H and O–H groups in total. The second-order valence-electron chi connectivity index (χ2n) is 3.83. The first-order chi connectivity index (χ1) is 6.93. The first-order valence-electron chi connectivity index (χ1n) is 5.83. The van der Waals surface area contributed by atoms with Gasteiger partial charge in [-0.05, 0) is 6.42 Å². The highest BCUT2D eigenvalue weighted by atomic mass is 16.5. The third kappa shape index (κ3) is 5.58. The zero-order valence-electron chi connectivity index (χ0n) is 9.26. The Balaban J connectivity index is 1.82. The van der Waals surface area contributed by atoms with Crippen LogP contribution in [0, 0.1) is 0 Å². The van der Waals surface area contributed by atoms with Crippen LogP contribution in [-0.2, 0) is 9.47 Å². The van der Waals surface area contributed by atoms with Crippen molar-refractivity contribution in [2.24, 2.45) is 0 Å². The molecule has 0 radical (unpaired) electrons. The van der Waals surface area contributed by atoms with Crippen molar-refractivity contribution in [3.05, 3.63) is 0 Å². The molecule has 0 spiro atoms. The smallest absolute Gasteiger partial charge is 0.0933 e. The Morgan fingerprint density at radius 1 is 1.36 bits per heavy atom. The molecule has 1 rings (SSSR count). The van der Waals surface area contributed by atoms with E-state index in [2.05, 4.69) is 12.2 Å². The van der Waals surface area contributed by atoms with Gasteiger partial charge in [0.15, 0.2) is 0 Å². The van der Waals surface area contributed by atoms with Crippen molar-refractivity contribution in [3.63, 3.8) is 0 Å². The molecule has 1 atom stereocenters. The minimum Gasteiger partial charge on any atom is -0.379 e. The second kappa shape index (κ2) is 8.21. The molecule has 0 aliphatic carbocycles. The van der Waals surface area contributed by atoms with Crippen LogP contribution in [0.2, 0.25) is 0 Å². The molecule has 0 aromatic heterocycles. The van der Waals surface area contributed by atoms with Gasteiger partial charge in [0, 0.05) is 19.7 Å². The molecule has 1 saturated heterocycles. The number of morpholine rings is 1. The SMILES string of the molecule is CCCCCCOCC1CNCCO1. The summed E-state index contributed by atoms with van der Waals surface area (Å²) < 4.78 is 11.1. The number of unbranched alkanes of at least 4 members (excludes halogenated alkanes) is 3. The minimum absolute atomic E-state index is 0.273. The van der Waals surface area contributed by atoms with Crippen LogP contribution in [0.4, 0.5) is 0 Å². The highest BCUT2D eigenvalue weighted by Gasteiger charge is 2.12. The predicted octanol–water partition coefficient (Wildman–Crippen LogP) is 1.57. The van der Waals surface area contributed by atoms with E-state index in [9.17, 15) is 0 Å². The minimum atomic E-state index is 0.273. The Morgan fingerprint density at radius 2 is 2.29 bits per heavy atom. The van der Waals surface area contributed by atoms with E-state index in [-0.39, 0.29) is 6.10 Å². The highest BCUT2D eigenvalue weighted by Crippen LogP contribution is 2.01. The van der Waals surface area contributed by atoms with Crippen LogP contribution >= 0.6 is 0 Å². The van der Waals surface area contributed by atoms with Crippen LogP contribution in [0.3, 0.4) is 0 Å². The average Bonchev–Trinajstić information content (AvgIpc) is 2.25. The maximum Gasteiger partial charge on any atom is 0.0933 e. The number of rotatable bonds is 7. The molecule has 3 nitrogen and oxygen atoms in total. The second-order valence-corrected chi connectivity index (χ2v) is 3.83. The Morgan fingerprint density at radius 3 is 3.00 bits per heavy atom. The van der Waals surface area contributed by atoms with Crippen LogP contribution < -0.4 is 5.32 Å². The van der Waals surface area contributed by atoms with Crippen LogP contribution in [0.1, 0.15) is 32.6 Å². The fraction of sp³-hybridized carbons (Fsp3) is 1.00. The van der Waals surface area contributed by atoms with E-state index in [1.165, 1.54) is 25.7 Å². The maximum atomic E-state index is 5.55. The van der Waals surface area contributed by atoms with E-state index in [4.69, 9.17) is 9.47 Å². The zero-order chi connectivity index (χ0) is 10.1. The lowest BCUT2D eigenvalue weighted by molar-refractivity contribution is -0.0319. The summed E-state index contributed by atoms with van der Waals surface area (Å²) in [5, 5.41) is 3.29. The molecule has 84 valence electrons. The van der Waals surface area contributed by atoms with Gasteiger partial charge in [0.05, 0.1) is 19.3 Å². The maximum absolute atomic E-state index is 5.55. The van der Waals surface area contributed by atoms with Crippen molar-refractivity contribution in [2.75, 3.05) is 32.9 Å². The molecule has 0 aromatic rings. The van der Waals surface area contributed by atoms with Crippen molar-refractivity contribution in [3.8, 4) is 0 Å². The summed E-state index contributed by atoms with van der Waals surface area (Å²) in [6.07, 6.45) is 5.37. The summed E-state index contributed by atoms with van der Waals surface area (Å²) in [4.78, 5) is 0. The number of nitrogens with one attached hydrogen (secondary N) is 1. The molecule has 0 saturated carbocycles. The predicted molar refractivity (Wildman–Crippen MR) is 57.6 cm³/mol. The van der Waals surface area contributed by atoms with Crippen molar-refractivity contribution in [1.82, 2.24) is 5.32 Å². The Labute approximate surface area is 87.2 Å². The van der Waals surface area contributed by atoms with Gasteiger partial charge < -0.3 is 14.8 Å². The van der Waals surface area contributed by atoms with Gasteiger partial charge in [0.25, 0.3) is 0 Å². The van der Waals surface area contributed by atoms with E-state index in [0.29, 0.717) is 0 Å². The Bertz CT molecular complexity index is 124. The molecular weight excluding hydrogens is 178 g/mol. The third-order valence-corrected chi connectivity index (χ3v) is 2.45. The third-order valence-electron chi connectivity index (χ3n) is 2.45. The molecule has 1 unspecified atom stereocenters. The fourth-order valence-corrected chi connectivity index (χ4v) is 1.57. The van der Waals surface area contributed by atoms with Crippen molar-refractivity contribution in [2.45, 2.75) is 38.7 Å². The summed E-state index contributed by atoms with van der Waals surface area (Å²) in [5.74, 6) is 0. The lowest BCUT2D eigenvalue weighted by Crippen LogP contribution is -2.41. The topological polar surface area (TPSA) is 30.5 Å². The Hall–Kier alpha value is -0.120. The summed E-state index contributed by atoms with van der Waals surface area (Å²) in [5.41, 5.74) is 0.